The molecule has 0 bridgehead atoms. The Hall–Kier alpha value is -3.36. The first-order valence-electron chi connectivity index (χ1n) is 6.78. The average molecular weight is 332 g/mol. The van der Waals surface area contributed by atoms with E-state index in [4.69, 9.17) is 14.2 Å². The summed E-state index contributed by atoms with van der Waals surface area (Å²) in [6, 6.07) is 6.26. The second-order valence-corrected chi connectivity index (χ2v) is 4.49. The van der Waals surface area contributed by atoms with E-state index in [0.717, 1.165) is 6.20 Å². The zero-order valence-electron chi connectivity index (χ0n) is 13.3. The van der Waals surface area contributed by atoms with Crippen LogP contribution in [-0.2, 0) is 0 Å². The van der Waals surface area contributed by atoms with Crippen molar-refractivity contribution in [2.75, 3.05) is 26.8 Å². The smallest absolute Gasteiger partial charge is 0.287 e. The van der Waals surface area contributed by atoms with E-state index in [1.165, 1.54) is 39.7 Å². The van der Waals surface area contributed by atoms with Crippen LogP contribution < -0.4 is 19.6 Å². The van der Waals surface area contributed by atoms with Crippen molar-refractivity contribution < 1.29 is 19.1 Å². The zero-order valence-corrected chi connectivity index (χ0v) is 13.3. The molecule has 2 rings (SSSR count). The molecule has 9 heteroatoms. The van der Waals surface area contributed by atoms with Crippen LogP contribution in [-0.4, -0.2) is 37.5 Å². The Morgan fingerprint density at radius 1 is 1.17 bits per heavy atom. The first-order chi connectivity index (χ1) is 11.6. The standard InChI is InChI=1S/C15H16N4O5/c1-22-12-6-10(7-13(23-2)15(12)24-3)8-17-18-14-5-4-11(9-16-14)19(20)21/h4-9H,1-3H3,(H,16,18). The van der Waals surface area contributed by atoms with Crippen LogP contribution in [0.2, 0.25) is 0 Å². The van der Waals surface area contributed by atoms with Crippen LogP contribution in [0.4, 0.5) is 11.5 Å². The predicted molar refractivity (Wildman–Crippen MR) is 88.2 cm³/mol. The molecule has 24 heavy (non-hydrogen) atoms. The maximum absolute atomic E-state index is 10.6. The average Bonchev–Trinajstić information content (AvgIpc) is 2.61. The molecule has 0 unspecified atom stereocenters. The third kappa shape index (κ3) is 3.88. The van der Waals surface area contributed by atoms with E-state index in [0.29, 0.717) is 28.6 Å². The number of ether oxygens (including phenoxy) is 3. The maximum Gasteiger partial charge on any atom is 0.287 e. The Bertz CT molecular complexity index is 721. The van der Waals surface area contributed by atoms with Gasteiger partial charge in [0.1, 0.15) is 12.0 Å². The molecule has 1 aromatic heterocycles. The zero-order chi connectivity index (χ0) is 17.5. The third-order valence-electron chi connectivity index (χ3n) is 3.04. The highest BCUT2D eigenvalue weighted by Gasteiger charge is 2.12. The van der Waals surface area contributed by atoms with Crippen molar-refractivity contribution in [3.05, 3.63) is 46.1 Å². The molecule has 0 saturated carbocycles. The minimum atomic E-state index is -0.518. The molecule has 0 amide bonds. The van der Waals surface area contributed by atoms with E-state index in [-0.39, 0.29) is 5.69 Å². The van der Waals surface area contributed by atoms with Crippen molar-refractivity contribution in [3.8, 4) is 17.2 Å². The van der Waals surface area contributed by atoms with E-state index in [1.807, 2.05) is 0 Å². The van der Waals surface area contributed by atoms with Crippen molar-refractivity contribution in [1.82, 2.24) is 4.98 Å². The largest absolute Gasteiger partial charge is 0.493 e. The fourth-order valence-electron chi connectivity index (χ4n) is 1.91. The summed E-state index contributed by atoms with van der Waals surface area (Å²) in [5.74, 6) is 1.88. The highest BCUT2D eigenvalue weighted by Crippen LogP contribution is 2.37. The highest BCUT2D eigenvalue weighted by molar-refractivity contribution is 5.83. The van der Waals surface area contributed by atoms with Crippen LogP contribution in [0, 0.1) is 10.1 Å². The molecular formula is C15H16N4O5. The lowest BCUT2D eigenvalue weighted by molar-refractivity contribution is -0.385. The number of benzene rings is 1. The third-order valence-corrected chi connectivity index (χ3v) is 3.04. The van der Waals surface area contributed by atoms with Gasteiger partial charge < -0.3 is 14.2 Å². The van der Waals surface area contributed by atoms with Gasteiger partial charge in [0.2, 0.25) is 5.75 Å². The molecule has 0 saturated heterocycles. The molecule has 1 aromatic carbocycles. The summed E-state index contributed by atoms with van der Waals surface area (Å²) in [5, 5.41) is 14.6. The number of hydrogen-bond acceptors (Lipinski definition) is 8. The van der Waals surface area contributed by atoms with Crippen molar-refractivity contribution in [3.63, 3.8) is 0 Å². The van der Waals surface area contributed by atoms with E-state index < -0.39 is 4.92 Å². The number of rotatable bonds is 7. The van der Waals surface area contributed by atoms with Gasteiger partial charge >= 0.3 is 0 Å². The summed E-state index contributed by atoms with van der Waals surface area (Å²) >= 11 is 0. The molecule has 0 radical (unpaired) electrons. The first-order valence-corrected chi connectivity index (χ1v) is 6.78. The van der Waals surface area contributed by atoms with Crippen LogP contribution in [0.1, 0.15) is 5.56 Å². The summed E-state index contributed by atoms with van der Waals surface area (Å²) in [6.07, 6.45) is 2.69. The van der Waals surface area contributed by atoms with Crippen LogP contribution in [0.25, 0.3) is 0 Å². The summed E-state index contributed by atoms with van der Waals surface area (Å²) < 4.78 is 15.8. The molecule has 0 aliphatic rings. The molecular weight excluding hydrogens is 316 g/mol. The minimum absolute atomic E-state index is 0.0887. The molecule has 0 fully saturated rings. The van der Waals surface area contributed by atoms with Crippen molar-refractivity contribution in [1.29, 1.82) is 0 Å². The Kier molecular flexibility index (Phi) is 5.50. The van der Waals surface area contributed by atoms with Gasteiger partial charge in [0, 0.05) is 11.6 Å². The Labute approximate surface area is 138 Å². The predicted octanol–water partition coefficient (Wildman–Crippen LogP) is 2.46. The van der Waals surface area contributed by atoms with Gasteiger partial charge in [0.15, 0.2) is 11.5 Å². The highest BCUT2D eigenvalue weighted by atomic mass is 16.6. The van der Waals surface area contributed by atoms with E-state index in [2.05, 4.69) is 15.5 Å². The number of methoxy groups -OCH3 is 3. The van der Waals surface area contributed by atoms with E-state index >= 15 is 0 Å². The lowest BCUT2D eigenvalue weighted by Gasteiger charge is -2.12. The fraction of sp³-hybridized carbons (Fsp3) is 0.200. The van der Waals surface area contributed by atoms with Gasteiger partial charge in [-0.3, -0.25) is 15.5 Å². The Morgan fingerprint density at radius 3 is 2.29 bits per heavy atom. The van der Waals surface area contributed by atoms with Gasteiger partial charge in [-0.05, 0) is 18.2 Å². The van der Waals surface area contributed by atoms with Gasteiger partial charge in [-0.1, -0.05) is 0 Å². The van der Waals surface area contributed by atoms with Gasteiger partial charge in [0.25, 0.3) is 5.69 Å². The normalized spacial score (nSPS) is 10.5. The van der Waals surface area contributed by atoms with E-state index in [9.17, 15) is 10.1 Å². The van der Waals surface area contributed by atoms with Crippen LogP contribution in [0.15, 0.2) is 35.6 Å². The van der Waals surface area contributed by atoms with E-state index in [1.54, 1.807) is 12.1 Å². The van der Waals surface area contributed by atoms with Gasteiger partial charge in [0.05, 0.1) is 32.5 Å². The Morgan fingerprint density at radius 2 is 1.83 bits per heavy atom. The van der Waals surface area contributed by atoms with Gasteiger partial charge in [-0.25, -0.2) is 4.98 Å². The van der Waals surface area contributed by atoms with Crippen LogP contribution in [0.5, 0.6) is 17.2 Å². The minimum Gasteiger partial charge on any atom is -0.493 e. The molecule has 0 atom stereocenters. The summed E-state index contributed by atoms with van der Waals surface area (Å²) in [7, 11) is 4.57. The molecule has 0 aliphatic carbocycles. The van der Waals surface area contributed by atoms with Crippen LogP contribution in [0.3, 0.4) is 0 Å². The van der Waals surface area contributed by atoms with Gasteiger partial charge in [-0.15, -0.1) is 0 Å². The van der Waals surface area contributed by atoms with Crippen molar-refractivity contribution in [2.45, 2.75) is 0 Å². The Balaban J connectivity index is 2.15. The number of pyridine rings is 1. The van der Waals surface area contributed by atoms with Gasteiger partial charge in [-0.2, -0.15) is 5.10 Å². The number of nitro groups is 1. The second kappa shape index (κ2) is 7.77. The molecule has 1 heterocycles. The monoisotopic (exact) mass is 332 g/mol. The number of hydrogen-bond donors (Lipinski definition) is 1. The molecule has 0 aliphatic heterocycles. The SMILES string of the molecule is COc1cc(C=NNc2ccc([N+](=O)[O-])cn2)cc(OC)c1OC. The van der Waals surface area contributed by atoms with Crippen molar-refractivity contribution >= 4 is 17.7 Å². The number of anilines is 1. The summed E-state index contributed by atoms with van der Waals surface area (Å²) in [4.78, 5) is 13.9. The first kappa shape index (κ1) is 17.0. The number of nitrogens with one attached hydrogen (secondary N) is 1. The molecule has 1 N–H and O–H groups in total. The second-order valence-electron chi connectivity index (χ2n) is 4.49. The quantitative estimate of drug-likeness (QED) is 0.471. The molecule has 126 valence electrons. The maximum atomic E-state index is 10.6. The lowest BCUT2D eigenvalue weighted by atomic mass is 10.2. The van der Waals surface area contributed by atoms with Crippen LogP contribution >= 0.6 is 0 Å². The van der Waals surface area contributed by atoms with Crippen molar-refractivity contribution in [2.24, 2.45) is 5.10 Å². The lowest BCUT2D eigenvalue weighted by Crippen LogP contribution is -1.98. The fourth-order valence-corrected chi connectivity index (χ4v) is 1.91. The number of nitrogens with zero attached hydrogens (tertiary/aromatic N) is 3. The number of hydrazone groups is 1. The number of aromatic nitrogens is 1. The summed E-state index contributed by atoms with van der Waals surface area (Å²) in [5.41, 5.74) is 3.30. The topological polar surface area (TPSA) is 108 Å². The molecule has 0 spiro atoms. The molecule has 2 aromatic rings. The molecule has 9 nitrogen and oxygen atoms in total. The summed E-state index contributed by atoms with van der Waals surface area (Å²) in [6.45, 7) is 0.